The topological polar surface area (TPSA) is 72.8 Å². The number of unbranched alkanes of at least 4 members (excludes halogenated alkanes) is 2. The van der Waals surface area contributed by atoms with Gasteiger partial charge in [0.25, 0.3) is 0 Å². The van der Waals surface area contributed by atoms with Crippen molar-refractivity contribution < 1.29 is 15.0 Å². The van der Waals surface area contributed by atoms with Gasteiger partial charge in [-0.15, -0.1) is 0 Å². The minimum absolute atomic E-state index is 0.169. The van der Waals surface area contributed by atoms with Gasteiger partial charge in [-0.25, -0.2) is 0 Å². The smallest absolute Gasteiger partial charge is 0.220 e. The molecule has 0 heterocycles. The number of hydrogen-bond donors (Lipinski definition) is 3. The Bertz CT molecular complexity index is 743. The Morgan fingerprint density at radius 1 is 0.972 bits per heavy atom. The lowest BCUT2D eigenvalue weighted by Gasteiger charge is -2.62. The summed E-state index contributed by atoms with van der Waals surface area (Å²) in [5.74, 6) is 3.55. The number of rotatable bonds is 10. The number of fused-ring (bicyclic) bond motifs is 5. The van der Waals surface area contributed by atoms with Crippen LogP contribution >= 0.6 is 0 Å². The first-order chi connectivity index (χ1) is 17.1. The van der Waals surface area contributed by atoms with Gasteiger partial charge < -0.3 is 20.4 Å². The summed E-state index contributed by atoms with van der Waals surface area (Å²) in [4.78, 5) is 14.7. The van der Waals surface area contributed by atoms with Gasteiger partial charge in [0.05, 0.1) is 12.2 Å². The van der Waals surface area contributed by atoms with Crippen LogP contribution in [0.3, 0.4) is 0 Å². The number of amides is 1. The molecule has 1 amide bonds. The Balaban J connectivity index is 1.29. The van der Waals surface area contributed by atoms with E-state index in [1.807, 2.05) is 0 Å². The average molecular weight is 505 g/mol. The quantitative estimate of drug-likeness (QED) is 0.356. The summed E-state index contributed by atoms with van der Waals surface area (Å²) >= 11 is 0. The minimum atomic E-state index is -0.208. The summed E-state index contributed by atoms with van der Waals surface area (Å²) in [7, 11) is 4.22. The predicted octanol–water partition coefficient (Wildman–Crippen LogP) is 5.24. The molecule has 4 saturated carbocycles. The first kappa shape index (κ1) is 28.4. The second kappa shape index (κ2) is 11.6. The Morgan fingerprint density at radius 2 is 1.69 bits per heavy atom. The fourth-order valence-corrected chi connectivity index (χ4v) is 9.78. The van der Waals surface area contributed by atoms with Crippen molar-refractivity contribution in [3.8, 4) is 0 Å². The molecule has 0 aromatic carbocycles. The number of nitrogens with one attached hydrogen (secondary N) is 1. The van der Waals surface area contributed by atoms with Gasteiger partial charge in [0.15, 0.2) is 0 Å². The number of aliphatic hydroxyl groups is 2. The summed E-state index contributed by atoms with van der Waals surface area (Å²) in [5, 5.41) is 24.9. The molecule has 208 valence electrons. The van der Waals surface area contributed by atoms with Gasteiger partial charge in [0.2, 0.25) is 5.91 Å². The Hall–Kier alpha value is -0.650. The first-order valence-electron chi connectivity index (χ1n) is 15.3. The van der Waals surface area contributed by atoms with Crippen molar-refractivity contribution in [3.63, 3.8) is 0 Å². The van der Waals surface area contributed by atoms with Gasteiger partial charge >= 0.3 is 0 Å². The molecule has 4 rings (SSSR count). The highest BCUT2D eigenvalue weighted by atomic mass is 16.3. The van der Waals surface area contributed by atoms with Crippen LogP contribution < -0.4 is 5.32 Å². The average Bonchev–Trinajstić information content (AvgIpc) is 3.18. The molecule has 5 nitrogen and oxygen atoms in total. The van der Waals surface area contributed by atoms with E-state index in [0.29, 0.717) is 52.8 Å². The van der Waals surface area contributed by atoms with Crippen LogP contribution in [-0.4, -0.2) is 60.4 Å². The summed E-state index contributed by atoms with van der Waals surface area (Å²) in [5.41, 5.74) is 0.584. The second-order valence-electron chi connectivity index (χ2n) is 14.2. The van der Waals surface area contributed by atoms with E-state index in [0.717, 1.165) is 51.6 Å². The van der Waals surface area contributed by atoms with E-state index in [2.05, 4.69) is 45.1 Å². The van der Waals surface area contributed by atoms with E-state index in [-0.39, 0.29) is 18.1 Å². The maximum atomic E-state index is 12.5. The SMILES string of the molecule is C[C@H](CCC(=O)NCCCCCN(C)C)[C@H]1CC[C@H]2[C@@H]3[C@@H](O)C[C@@H]4C[C@H](O)CC[C@]4(C)[C@H]3CC[C@]12C. The third-order valence-corrected chi connectivity index (χ3v) is 11.8. The van der Waals surface area contributed by atoms with E-state index in [1.165, 1.54) is 38.5 Å². The molecule has 0 aromatic rings. The molecular weight excluding hydrogens is 448 g/mol. The number of carbonyl (C=O) groups excluding carboxylic acids is 1. The van der Waals surface area contributed by atoms with Crippen LogP contribution in [-0.2, 0) is 4.79 Å². The van der Waals surface area contributed by atoms with Crippen LogP contribution in [0.1, 0.15) is 104 Å². The van der Waals surface area contributed by atoms with Crippen molar-refractivity contribution in [2.75, 3.05) is 27.2 Å². The summed E-state index contributed by atoms with van der Waals surface area (Å²) < 4.78 is 0. The van der Waals surface area contributed by atoms with Gasteiger partial charge in [-0.1, -0.05) is 27.2 Å². The lowest BCUT2D eigenvalue weighted by atomic mass is 9.43. The van der Waals surface area contributed by atoms with Gasteiger partial charge in [0.1, 0.15) is 0 Å². The monoisotopic (exact) mass is 504 g/mol. The molecule has 4 aliphatic carbocycles. The normalized spacial score (nSPS) is 42.9. The molecule has 36 heavy (non-hydrogen) atoms. The molecule has 3 N–H and O–H groups in total. The molecule has 10 atom stereocenters. The van der Waals surface area contributed by atoms with E-state index < -0.39 is 0 Å². The maximum Gasteiger partial charge on any atom is 0.220 e. The first-order valence-corrected chi connectivity index (χ1v) is 15.3. The van der Waals surface area contributed by atoms with Crippen molar-refractivity contribution >= 4 is 5.91 Å². The zero-order chi connectivity index (χ0) is 26.1. The molecule has 0 aliphatic heterocycles. The van der Waals surface area contributed by atoms with Crippen LogP contribution in [0.4, 0.5) is 0 Å². The third kappa shape index (κ3) is 5.69. The molecule has 0 spiro atoms. The summed E-state index contributed by atoms with van der Waals surface area (Å²) in [6.45, 7) is 9.33. The highest BCUT2D eigenvalue weighted by molar-refractivity contribution is 5.75. The summed E-state index contributed by atoms with van der Waals surface area (Å²) in [6, 6.07) is 0. The van der Waals surface area contributed by atoms with Crippen molar-refractivity contribution in [1.29, 1.82) is 0 Å². The van der Waals surface area contributed by atoms with Crippen LogP contribution in [0.25, 0.3) is 0 Å². The van der Waals surface area contributed by atoms with Crippen molar-refractivity contribution in [1.82, 2.24) is 10.2 Å². The standard InChI is InChI=1S/C31H56N2O3/c1-21(9-12-28(36)32-17-7-6-8-18-33(4)5)24-10-11-25-29-26(14-16-31(24,25)3)30(2)15-13-23(34)19-22(30)20-27(29)35/h21-27,29,34-35H,6-20H2,1-5H3,(H,32,36)/t21-,22+,23-,24-,25+,26+,27+,29+,30+,31-/m1/s1. The minimum Gasteiger partial charge on any atom is -0.393 e. The van der Waals surface area contributed by atoms with Gasteiger partial charge in [-0.3, -0.25) is 4.79 Å². The number of carbonyl (C=O) groups is 1. The van der Waals surface area contributed by atoms with Crippen molar-refractivity contribution in [2.45, 2.75) is 116 Å². The van der Waals surface area contributed by atoms with Crippen LogP contribution in [0, 0.1) is 46.3 Å². The second-order valence-corrected chi connectivity index (χ2v) is 14.2. The molecule has 4 aliphatic rings. The van der Waals surface area contributed by atoms with Crippen molar-refractivity contribution in [2.24, 2.45) is 46.3 Å². The van der Waals surface area contributed by atoms with E-state index in [1.54, 1.807) is 0 Å². The summed E-state index contributed by atoms with van der Waals surface area (Å²) in [6.07, 6.45) is 13.5. The number of nitrogens with zero attached hydrogens (tertiary/aromatic N) is 1. The third-order valence-electron chi connectivity index (χ3n) is 11.8. The Labute approximate surface area is 221 Å². The largest absolute Gasteiger partial charge is 0.393 e. The Kier molecular flexibility index (Phi) is 9.15. The molecule has 0 bridgehead atoms. The highest BCUT2D eigenvalue weighted by Gasteiger charge is 2.62. The molecule has 0 unspecified atom stereocenters. The van der Waals surface area contributed by atoms with Gasteiger partial charge in [-0.2, -0.15) is 0 Å². The van der Waals surface area contributed by atoms with E-state index >= 15 is 0 Å². The van der Waals surface area contributed by atoms with E-state index in [9.17, 15) is 15.0 Å². The fourth-order valence-electron chi connectivity index (χ4n) is 9.78. The molecule has 0 aromatic heterocycles. The Morgan fingerprint density at radius 3 is 2.44 bits per heavy atom. The zero-order valence-corrected chi connectivity index (χ0v) is 24.0. The lowest BCUT2D eigenvalue weighted by molar-refractivity contribution is -0.174. The number of hydrogen-bond acceptors (Lipinski definition) is 4. The van der Waals surface area contributed by atoms with Gasteiger partial charge in [0, 0.05) is 13.0 Å². The van der Waals surface area contributed by atoms with E-state index in [4.69, 9.17) is 0 Å². The predicted molar refractivity (Wildman–Crippen MR) is 146 cm³/mol. The van der Waals surface area contributed by atoms with Gasteiger partial charge in [-0.05, 0) is 138 Å². The molecule has 5 heteroatoms. The lowest BCUT2D eigenvalue weighted by Crippen LogP contribution is -2.58. The van der Waals surface area contributed by atoms with Crippen LogP contribution in [0.15, 0.2) is 0 Å². The number of aliphatic hydroxyl groups excluding tert-OH is 2. The van der Waals surface area contributed by atoms with Crippen LogP contribution in [0.5, 0.6) is 0 Å². The molecule has 0 radical (unpaired) electrons. The maximum absolute atomic E-state index is 12.5. The molecular formula is C31H56N2O3. The molecule has 4 fully saturated rings. The van der Waals surface area contributed by atoms with Crippen molar-refractivity contribution in [3.05, 3.63) is 0 Å². The van der Waals surface area contributed by atoms with Crippen LogP contribution in [0.2, 0.25) is 0 Å². The molecule has 0 saturated heterocycles. The highest BCUT2D eigenvalue weighted by Crippen LogP contribution is 2.68. The zero-order valence-electron chi connectivity index (χ0n) is 24.0. The fraction of sp³-hybridized carbons (Fsp3) is 0.968.